The molecule has 0 radical (unpaired) electrons. The lowest BCUT2D eigenvalue weighted by molar-refractivity contribution is -0.148. The summed E-state index contributed by atoms with van der Waals surface area (Å²) in [5.74, 6) is 2.19. The third kappa shape index (κ3) is 3.80. The van der Waals surface area contributed by atoms with Crippen molar-refractivity contribution in [2.24, 2.45) is 17.3 Å². The van der Waals surface area contributed by atoms with E-state index in [1.54, 1.807) is 0 Å². The normalized spacial score (nSPS) is 29.5. The highest BCUT2D eigenvalue weighted by atomic mass is 16.5. The van der Waals surface area contributed by atoms with Crippen LogP contribution in [0.3, 0.4) is 0 Å². The minimum absolute atomic E-state index is 0.139. The Kier molecular flexibility index (Phi) is 5.39. The molecule has 3 aliphatic heterocycles. The lowest BCUT2D eigenvalue weighted by Crippen LogP contribution is -2.53. The summed E-state index contributed by atoms with van der Waals surface area (Å²) in [6, 6.07) is 5.94. The monoisotopic (exact) mass is 412 g/mol. The van der Waals surface area contributed by atoms with E-state index in [1.165, 1.54) is 12.8 Å². The molecule has 162 valence electrons. The predicted octanol–water partition coefficient (Wildman–Crippen LogP) is 1.79. The Morgan fingerprint density at radius 1 is 1.10 bits per heavy atom. The highest BCUT2D eigenvalue weighted by molar-refractivity contribution is 5.85. The fourth-order valence-corrected chi connectivity index (χ4v) is 5.50. The largest absolute Gasteiger partial charge is 0.378 e. The first kappa shape index (κ1) is 19.8. The van der Waals surface area contributed by atoms with Crippen LogP contribution in [-0.2, 0) is 14.3 Å². The zero-order chi connectivity index (χ0) is 20.6. The van der Waals surface area contributed by atoms with Gasteiger partial charge in [-0.25, -0.2) is 4.98 Å². The summed E-state index contributed by atoms with van der Waals surface area (Å²) < 4.78 is 5.49. The fraction of sp³-hybridized carbons (Fsp3) is 0.696. The van der Waals surface area contributed by atoms with Gasteiger partial charge in [-0.1, -0.05) is 6.07 Å². The van der Waals surface area contributed by atoms with E-state index in [0.717, 1.165) is 31.7 Å². The van der Waals surface area contributed by atoms with E-state index in [1.807, 2.05) is 29.3 Å². The van der Waals surface area contributed by atoms with E-state index >= 15 is 0 Å². The van der Waals surface area contributed by atoms with Crippen LogP contribution in [0.25, 0.3) is 0 Å². The number of hydrogen-bond acceptors (Lipinski definition) is 5. The van der Waals surface area contributed by atoms with Crippen LogP contribution in [0.5, 0.6) is 0 Å². The Morgan fingerprint density at radius 2 is 1.93 bits per heavy atom. The molecule has 1 aromatic rings. The van der Waals surface area contributed by atoms with E-state index in [0.29, 0.717) is 51.7 Å². The average Bonchev–Trinajstić information content (AvgIpc) is 3.56. The average molecular weight is 413 g/mol. The third-order valence-electron chi connectivity index (χ3n) is 7.40. The molecule has 1 aliphatic carbocycles. The number of nitrogens with zero attached hydrogens (tertiary/aromatic N) is 4. The van der Waals surface area contributed by atoms with Crippen LogP contribution < -0.4 is 4.90 Å². The fourth-order valence-electron chi connectivity index (χ4n) is 5.50. The van der Waals surface area contributed by atoms with Crippen LogP contribution in [0.4, 0.5) is 5.82 Å². The van der Waals surface area contributed by atoms with Crippen LogP contribution in [-0.4, -0.2) is 79.1 Å². The Bertz CT molecular complexity index is 778. The summed E-state index contributed by atoms with van der Waals surface area (Å²) in [5.41, 5.74) is -0.441. The van der Waals surface area contributed by atoms with E-state index in [-0.39, 0.29) is 17.7 Å². The van der Waals surface area contributed by atoms with E-state index in [9.17, 15) is 9.59 Å². The summed E-state index contributed by atoms with van der Waals surface area (Å²) in [6.07, 6.45) is 6.60. The van der Waals surface area contributed by atoms with Crippen molar-refractivity contribution in [2.75, 3.05) is 57.4 Å². The van der Waals surface area contributed by atoms with Gasteiger partial charge in [-0.3, -0.25) is 9.59 Å². The molecular formula is C23H32N4O3. The van der Waals surface area contributed by atoms with Gasteiger partial charge in [0.15, 0.2) is 0 Å². The second kappa shape index (κ2) is 8.17. The van der Waals surface area contributed by atoms with Crippen LogP contribution in [0, 0.1) is 17.3 Å². The SMILES string of the molecule is O=C(CC1CC1)N1CCC[C@@]2(C(=O)N3CCOCC3)CN(c3ccccn3)C[C@H]2C1. The van der Waals surface area contributed by atoms with Gasteiger partial charge in [0.25, 0.3) is 0 Å². The van der Waals surface area contributed by atoms with Crippen molar-refractivity contribution in [1.82, 2.24) is 14.8 Å². The van der Waals surface area contributed by atoms with Gasteiger partial charge in [0.05, 0.1) is 18.6 Å². The quantitative estimate of drug-likeness (QED) is 0.754. The van der Waals surface area contributed by atoms with Crippen LogP contribution in [0.15, 0.2) is 24.4 Å². The second-order valence-electron chi connectivity index (χ2n) is 9.42. The second-order valence-corrected chi connectivity index (χ2v) is 9.42. The van der Waals surface area contributed by atoms with Gasteiger partial charge in [-0.15, -0.1) is 0 Å². The molecule has 3 saturated heterocycles. The summed E-state index contributed by atoms with van der Waals surface area (Å²) in [7, 11) is 0. The number of anilines is 1. The molecule has 0 N–H and O–H groups in total. The molecule has 2 atom stereocenters. The molecule has 4 heterocycles. The molecular weight excluding hydrogens is 380 g/mol. The molecule has 7 nitrogen and oxygen atoms in total. The highest BCUT2D eigenvalue weighted by Crippen LogP contribution is 2.45. The van der Waals surface area contributed by atoms with Crippen LogP contribution in [0.2, 0.25) is 0 Å². The molecule has 0 unspecified atom stereocenters. The lowest BCUT2D eigenvalue weighted by atomic mass is 9.73. The molecule has 4 aliphatic rings. The third-order valence-corrected chi connectivity index (χ3v) is 7.40. The van der Waals surface area contributed by atoms with Gasteiger partial charge in [0, 0.05) is 57.8 Å². The Morgan fingerprint density at radius 3 is 2.67 bits per heavy atom. The van der Waals surface area contributed by atoms with E-state index < -0.39 is 5.41 Å². The molecule has 0 spiro atoms. The first-order valence-electron chi connectivity index (χ1n) is 11.5. The number of carbonyl (C=O) groups is 2. The van der Waals surface area contributed by atoms with Gasteiger partial charge < -0.3 is 19.4 Å². The number of hydrogen-bond donors (Lipinski definition) is 0. The maximum absolute atomic E-state index is 13.9. The van der Waals surface area contributed by atoms with Crippen molar-refractivity contribution in [3.8, 4) is 0 Å². The maximum atomic E-state index is 13.9. The summed E-state index contributed by atoms with van der Waals surface area (Å²) in [6.45, 7) is 5.50. The molecule has 1 saturated carbocycles. The minimum Gasteiger partial charge on any atom is -0.378 e. The Balaban J connectivity index is 1.41. The maximum Gasteiger partial charge on any atom is 0.231 e. The molecule has 0 aromatic carbocycles. The zero-order valence-electron chi connectivity index (χ0n) is 17.7. The van der Waals surface area contributed by atoms with Crippen molar-refractivity contribution in [3.05, 3.63) is 24.4 Å². The van der Waals surface area contributed by atoms with Gasteiger partial charge in [-0.2, -0.15) is 0 Å². The number of fused-ring (bicyclic) bond motifs is 1. The number of pyridine rings is 1. The molecule has 2 amide bonds. The first-order chi connectivity index (χ1) is 14.7. The number of rotatable bonds is 4. The number of ether oxygens (including phenoxy) is 1. The Hall–Kier alpha value is -2.15. The predicted molar refractivity (Wildman–Crippen MR) is 113 cm³/mol. The summed E-state index contributed by atoms with van der Waals surface area (Å²) in [4.78, 5) is 37.6. The van der Waals surface area contributed by atoms with Gasteiger partial charge in [-0.05, 0) is 43.7 Å². The summed E-state index contributed by atoms with van der Waals surface area (Å²) in [5, 5.41) is 0. The lowest BCUT2D eigenvalue weighted by Gasteiger charge is -2.38. The number of morpholine rings is 1. The number of carbonyl (C=O) groups excluding carboxylic acids is 2. The highest BCUT2D eigenvalue weighted by Gasteiger charge is 2.55. The Labute approximate surface area is 178 Å². The molecule has 0 bridgehead atoms. The smallest absolute Gasteiger partial charge is 0.231 e. The first-order valence-corrected chi connectivity index (χ1v) is 11.5. The molecule has 5 rings (SSSR count). The molecule has 4 fully saturated rings. The van der Waals surface area contributed by atoms with Gasteiger partial charge in [0.2, 0.25) is 11.8 Å². The zero-order valence-corrected chi connectivity index (χ0v) is 17.7. The minimum atomic E-state index is -0.441. The van der Waals surface area contributed by atoms with Gasteiger partial charge in [0.1, 0.15) is 5.82 Å². The van der Waals surface area contributed by atoms with E-state index in [4.69, 9.17) is 4.74 Å². The standard InChI is InChI=1S/C23H32N4O3/c28-21(14-18-5-6-18)26-9-3-7-23(22(29)25-10-12-30-13-11-25)17-27(16-19(23)15-26)20-4-1-2-8-24-20/h1-2,4,8,18-19H,3,5-7,9-17H2/t19-,23-/m1/s1. The van der Waals surface area contributed by atoms with Gasteiger partial charge >= 0.3 is 0 Å². The molecule has 1 aromatic heterocycles. The number of likely N-dealkylation sites (tertiary alicyclic amines) is 1. The van der Waals surface area contributed by atoms with Crippen molar-refractivity contribution < 1.29 is 14.3 Å². The molecule has 30 heavy (non-hydrogen) atoms. The number of amides is 2. The van der Waals surface area contributed by atoms with Crippen LogP contribution in [0.1, 0.15) is 32.1 Å². The van der Waals surface area contributed by atoms with Crippen molar-refractivity contribution >= 4 is 17.6 Å². The van der Waals surface area contributed by atoms with E-state index in [2.05, 4.69) is 14.8 Å². The van der Waals surface area contributed by atoms with Crippen molar-refractivity contribution in [2.45, 2.75) is 32.1 Å². The number of aromatic nitrogens is 1. The molecule has 7 heteroatoms. The van der Waals surface area contributed by atoms with Crippen molar-refractivity contribution in [1.29, 1.82) is 0 Å². The van der Waals surface area contributed by atoms with Crippen LogP contribution >= 0.6 is 0 Å². The topological polar surface area (TPSA) is 66.0 Å². The van der Waals surface area contributed by atoms with Crippen molar-refractivity contribution in [3.63, 3.8) is 0 Å². The summed E-state index contributed by atoms with van der Waals surface area (Å²) >= 11 is 0.